The fourth-order valence-corrected chi connectivity index (χ4v) is 1.99. The van der Waals surface area contributed by atoms with Crippen molar-refractivity contribution < 1.29 is 5.11 Å². The Hall–Kier alpha value is 0.210. The van der Waals surface area contributed by atoms with Crippen LogP contribution in [-0.2, 0) is 0 Å². The summed E-state index contributed by atoms with van der Waals surface area (Å²) in [6.45, 7) is 2.41. The zero-order valence-electron chi connectivity index (χ0n) is 6.72. The molecule has 1 rings (SSSR count). The lowest BCUT2D eigenvalue weighted by atomic mass is 9.86. The molecular weight excluding hydrogens is 162 g/mol. The van der Waals surface area contributed by atoms with Gasteiger partial charge in [0.05, 0.1) is 0 Å². The van der Waals surface area contributed by atoms with Crippen LogP contribution >= 0.6 is 11.6 Å². The molecule has 66 valence electrons. The van der Waals surface area contributed by atoms with Gasteiger partial charge >= 0.3 is 0 Å². The smallest absolute Gasteiger partial charge is 0.0473 e. The molecule has 1 aliphatic rings. The average Bonchev–Trinajstić information content (AvgIpc) is 2.09. The zero-order chi connectivity index (χ0) is 8.10. The summed E-state index contributed by atoms with van der Waals surface area (Å²) in [6, 6.07) is 0. The minimum Gasteiger partial charge on any atom is -0.396 e. The molecule has 2 N–H and O–H groups in total. The lowest BCUT2D eigenvalue weighted by Crippen LogP contribution is -2.33. The molecule has 1 saturated heterocycles. The molecule has 2 nitrogen and oxygen atoms in total. The Labute approximate surface area is 72.9 Å². The van der Waals surface area contributed by atoms with Crippen LogP contribution in [0.1, 0.15) is 12.8 Å². The molecule has 1 heterocycles. The van der Waals surface area contributed by atoms with Crippen LogP contribution in [0.25, 0.3) is 0 Å². The lowest BCUT2D eigenvalue weighted by Gasteiger charge is -2.27. The number of piperidine rings is 1. The van der Waals surface area contributed by atoms with Gasteiger partial charge in [-0.3, -0.25) is 0 Å². The summed E-state index contributed by atoms with van der Waals surface area (Å²) in [4.78, 5) is 0. The van der Waals surface area contributed by atoms with Crippen molar-refractivity contribution in [3.8, 4) is 0 Å². The van der Waals surface area contributed by atoms with Gasteiger partial charge < -0.3 is 10.4 Å². The molecule has 0 unspecified atom stereocenters. The maximum Gasteiger partial charge on any atom is 0.0473 e. The van der Waals surface area contributed by atoms with E-state index in [9.17, 15) is 0 Å². The number of alkyl halides is 1. The number of aliphatic hydroxyl groups is 1. The maximum absolute atomic E-state index is 8.97. The first-order valence-corrected chi connectivity index (χ1v) is 4.79. The van der Waals surface area contributed by atoms with E-state index in [2.05, 4.69) is 5.32 Å². The number of hydrogen-bond acceptors (Lipinski definition) is 2. The molecule has 0 bridgehead atoms. The van der Waals surface area contributed by atoms with Gasteiger partial charge in [-0.15, -0.1) is 11.6 Å². The molecule has 0 aromatic carbocycles. The second-order valence-electron chi connectivity index (χ2n) is 3.18. The van der Waals surface area contributed by atoms with E-state index in [0.717, 1.165) is 25.9 Å². The Kier molecular flexibility index (Phi) is 4.20. The maximum atomic E-state index is 8.97. The fourth-order valence-electron chi connectivity index (χ4n) is 1.64. The van der Waals surface area contributed by atoms with Gasteiger partial charge in [-0.05, 0) is 37.8 Å². The molecule has 0 amide bonds. The summed E-state index contributed by atoms with van der Waals surface area (Å²) in [7, 11) is 0. The van der Waals surface area contributed by atoms with Crippen LogP contribution in [0, 0.1) is 11.8 Å². The third-order valence-corrected chi connectivity index (χ3v) is 2.88. The van der Waals surface area contributed by atoms with Gasteiger partial charge in [-0.1, -0.05) is 0 Å². The number of hydrogen-bond donors (Lipinski definition) is 2. The van der Waals surface area contributed by atoms with Gasteiger partial charge in [0.15, 0.2) is 0 Å². The van der Waals surface area contributed by atoms with Crippen molar-refractivity contribution in [1.29, 1.82) is 0 Å². The predicted molar refractivity (Wildman–Crippen MR) is 46.9 cm³/mol. The minimum absolute atomic E-state index is 0.244. The summed E-state index contributed by atoms with van der Waals surface area (Å²) in [5.41, 5.74) is 0. The van der Waals surface area contributed by atoms with Crippen LogP contribution in [0.3, 0.4) is 0 Å². The van der Waals surface area contributed by atoms with Gasteiger partial charge in [0.1, 0.15) is 0 Å². The number of nitrogens with one attached hydrogen (secondary N) is 1. The lowest BCUT2D eigenvalue weighted by molar-refractivity contribution is 0.167. The molecule has 0 aliphatic carbocycles. The van der Waals surface area contributed by atoms with Crippen LogP contribution in [-0.4, -0.2) is 30.7 Å². The Bertz CT molecular complexity index is 100. The third-order valence-electron chi connectivity index (χ3n) is 2.48. The highest BCUT2D eigenvalue weighted by Gasteiger charge is 2.21. The molecule has 0 aromatic heterocycles. The van der Waals surface area contributed by atoms with Crippen LogP contribution in [0.2, 0.25) is 0 Å². The Morgan fingerprint density at radius 2 is 2.09 bits per heavy atom. The Balaban J connectivity index is 2.30. The standard InChI is InChI=1S/C8H16ClNO/c9-5-8(6-11)7-1-3-10-4-2-7/h7-8,10-11H,1-6H2/t8-/m0/s1. The second-order valence-corrected chi connectivity index (χ2v) is 3.49. The Morgan fingerprint density at radius 1 is 1.45 bits per heavy atom. The molecule has 3 heteroatoms. The van der Waals surface area contributed by atoms with E-state index in [1.54, 1.807) is 0 Å². The van der Waals surface area contributed by atoms with Crippen molar-refractivity contribution >= 4 is 11.6 Å². The fraction of sp³-hybridized carbons (Fsp3) is 1.00. The summed E-state index contributed by atoms with van der Waals surface area (Å²) >= 11 is 5.72. The summed E-state index contributed by atoms with van der Waals surface area (Å²) < 4.78 is 0. The monoisotopic (exact) mass is 177 g/mol. The minimum atomic E-state index is 0.244. The van der Waals surface area contributed by atoms with Gasteiger partial charge in [0, 0.05) is 12.5 Å². The summed E-state index contributed by atoms with van der Waals surface area (Å²) in [5, 5.41) is 12.3. The third kappa shape index (κ3) is 2.62. The molecule has 0 aromatic rings. The van der Waals surface area contributed by atoms with Crippen molar-refractivity contribution in [2.45, 2.75) is 12.8 Å². The highest BCUT2D eigenvalue weighted by atomic mass is 35.5. The largest absolute Gasteiger partial charge is 0.396 e. The van der Waals surface area contributed by atoms with Crippen molar-refractivity contribution in [2.75, 3.05) is 25.6 Å². The van der Waals surface area contributed by atoms with E-state index < -0.39 is 0 Å². The highest BCUT2D eigenvalue weighted by molar-refractivity contribution is 6.18. The molecule has 1 fully saturated rings. The second kappa shape index (κ2) is 4.96. The van der Waals surface area contributed by atoms with Gasteiger partial charge in [-0.2, -0.15) is 0 Å². The van der Waals surface area contributed by atoms with E-state index in [0.29, 0.717) is 17.7 Å². The van der Waals surface area contributed by atoms with Crippen molar-refractivity contribution in [1.82, 2.24) is 5.32 Å². The summed E-state index contributed by atoms with van der Waals surface area (Å²) in [6.07, 6.45) is 2.33. The van der Waals surface area contributed by atoms with Crippen LogP contribution in [0.5, 0.6) is 0 Å². The average molecular weight is 178 g/mol. The predicted octanol–water partition coefficient (Wildman–Crippen LogP) is 0.833. The number of aliphatic hydroxyl groups excluding tert-OH is 1. The van der Waals surface area contributed by atoms with E-state index >= 15 is 0 Å². The zero-order valence-corrected chi connectivity index (χ0v) is 7.48. The van der Waals surface area contributed by atoms with E-state index in [1.165, 1.54) is 0 Å². The van der Waals surface area contributed by atoms with Crippen molar-refractivity contribution in [3.05, 3.63) is 0 Å². The number of rotatable bonds is 3. The van der Waals surface area contributed by atoms with Gasteiger partial charge in [-0.25, -0.2) is 0 Å². The molecule has 1 aliphatic heterocycles. The quantitative estimate of drug-likeness (QED) is 0.627. The molecule has 0 radical (unpaired) electrons. The first kappa shape index (κ1) is 9.30. The number of halogens is 1. The first-order valence-electron chi connectivity index (χ1n) is 4.26. The van der Waals surface area contributed by atoms with Crippen molar-refractivity contribution in [3.63, 3.8) is 0 Å². The van der Waals surface area contributed by atoms with E-state index in [1.807, 2.05) is 0 Å². The molecular formula is C8H16ClNO. The molecule has 11 heavy (non-hydrogen) atoms. The van der Waals surface area contributed by atoms with Crippen LogP contribution in [0.15, 0.2) is 0 Å². The SMILES string of the molecule is OC[C@H](CCl)C1CCNCC1. The normalized spacial score (nSPS) is 23.5. The van der Waals surface area contributed by atoms with Crippen LogP contribution in [0.4, 0.5) is 0 Å². The highest BCUT2D eigenvalue weighted by Crippen LogP contribution is 2.22. The molecule has 1 atom stereocenters. The van der Waals surface area contributed by atoms with Crippen LogP contribution < -0.4 is 5.32 Å². The van der Waals surface area contributed by atoms with E-state index in [-0.39, 0.29) is 6.61 Å². The Morgan fingerprint density at radius 3 is 2.55 bits per heavy atom. The van der Waals surface area contributed by atoms with Crippen molar-refractivity contribution in [2.24, 2.45) is 11.8 Å². The molecule has 0 saturated carbocycles. The summed E-state index contributed by atoms with van der Waals surface area (Å²) in [5.74, 6) is 1.55. The van der Waals surface area contributed by atoms with E-state index in [4.69, 9.17) is 16.7 Å². The first-order chi connectivity index (χ1) is 5.38. The van der Waals surface area contributed by atoms with Gasteiger partial charge in [0.25, 0.3) is 0 Å². The van der Waals surface area contributed by atoms with Gasteiger partial charge in [0.2, 0.25) is 0 Å². The molecule has 0 spiro atoms. The topological polar surface area (TPSA) is 32.3 Å².